The minimum Gasteiger partial charge on any atom is -0.478 e. The Kier molecular flexibility index (Phi) is 7.10. The first-order chi connectivity index (χ1) is 17.1. The fraction of sp³-hybridized carbons (Fsp3) is 0.0833. The Bertz CT molecular complexity index is 1440. The summed E-state index contributed by atoms with van der Waals surface area (Å²) >= 11 is 1.22. The van der Waals surface area contributed by atoms with Crippen LogP contribution in [0.15, 0.2) is 82.3 Å². The number of alkyl halides is 3. The van der Waals surface area contributed by atoms with Gasteiger partial charge in [-0.1, -0.05) is 18.2 Å². The molecular formula is C24H17F3N4O4S. The van der Waals surface area contributed by atoms with Crippen LogP contribution in [0.5, 0.6) is 0 Å². The van der Waals surface area contributed by atoms with Gasteiger partial charge < -0.3 is 20.6 Å². The molecule has 0 fully saturated rings. The minimum absolute atomic E-state index is 0.0409. The van der Waals surface area contributed by atoms with E-state index < -0.39 is 24.0 Å². The Labute approximate surface area is 206 Å². The molecule has 4 N–H and O–H groups in total. The summed E-state index contributed by atoms with van der Waals surface area (Å²) < 4.78 is 38.8. The molecule has 3 aromatic carbocycles. The summed E-state index contributed by atoms with van der Waals surface area (Å²) in [5, 5.41) is 41.1. The molecule has 1 aromatic heterocycles. The number of thiazole rings is 1. The van der Waals surface area contributed by atoms with Crippen molar-refractivity contribution in [2.75, 3.05) is 5.32 Å². The minimum atomic E-state index is -4.45. The van der Waals surface area contributed by atoms with E-state index >= 15 is 0 Å². The lowest BCUT2D eigenvalue weighted by atomic mass is 10.1. The number of hydrogen-bond donors (Lipinski definition) is 4. The summed E-state index contributed by atoms with van der Waals surface area (Å²) in [5.74, 6) is -1.26. The van der Waals surface area contributed by atoms with Gasteiger partial charge in [-0.3, -0.25) is 0 Å². The van der Waals surface area contributed by atoms with Crippen molar-refractivity contribution in [3.8, 4) is 11.3 Å². The van der Waals surface area contributed by atoms with E-state index in [4.69, 9.17) is 0 Å². The highest BCUT2D eigenvalue weighted by Gasteiger charge is 2.30. The van der Waals surface area contributed by atoms with E-state index in [1.54, 1.807) is 29.6 Å². The van der Waals surface area contributed by atoms with Gasteiger partial charge >= 0.3 is 12.1 Å². The number of anilines is 2. The maximum Gasteiger partial charge on any atom is 0.416 e. The van der Waals surface area contributed by atoms with Crippen molar-refractivity contribution < 1.29 is 33.3 Å². The monoisotopic (exact) mass is 514 g/mol. The zero-order valence-corrected chi connectivity index (χ0v) is 19.0. The molecule has 0 saturated heterocycles. The molecule has 0 aliphatic heterocycles. The normalized spacial score (nSPS) is 11.8. The van der Waals surface area contributed by atoms with Crippen molar-refractivity contribution in [1.29, 1.82) is 0 Å². The number of hydrogen-bond acceptors (Lipinski definition) is 8. The van der Waals surface area contributed by atoms with Crippen molar-refractivity contribution in [1.82, 2.24) is 4.98 Å². The van der Waals surface area contributed by atoms with Crippen LogP contribution >= 0.6 is 11.3 Å². The largest absolute Gasteiger partial charge is 0.478 e. The molecule has 12 heteroatoms. The lowest BCUT2D eigenvalue weighted by Gasteiger charge is -2.08. The van der Waals surface area contributed by atoms with Crippen LogP contribution in [0.25, 0.3) is 11.3 Å². The second kappa shape index (κ2) is 10.2. The number of aliphatic hydroxyl groups is 2. The molecule has 0 bridgehead atoms. The average molecular weight is 514 g/mol. The summed E-state index contributed by atoms with van der Waals surface area (Å²) in [6.07, 6.45) is -6.32. The van der Waals surface area contributed by atoms with Gasteiger partial charge in [-0.2, -0.15) is 23.4 Å². The number of carboxylic acids is 1. The molecule has 0 unspecified atom stereocenters. The predicted molar refractivity (Wildman–Crippen MR) is 127 cm³/mol. The summed E-state index contributed by atoms with van der Waals surface area (Å²) in [6, 6.07) is 15.3. The molecule has 0 atom stereocenters. The molecule has 0 saturated carbocycles. The molecule has 0 aliphatic rings. The van der Waals surface area contributed by atoms with Gasteiger partial charge in [0.05, 0.1) is 28.2 Å². The lowest BCUT2D eigenvalue weighted by molar-refractivity contribution is -0.137. The van der Waals surface area contributed by atoms with Gasteiger partial charge in [0.2, 0.25) is 0 Å². The van der Waals surface area contributed by atoms with Gasteiger partial charge in [0, 0.05) is 22.2 Å². The van der Waals surface area contributed by atoms with Crippen LogP contribution in [0, 0.1) is 0 Å². The van der Waals surface area contributed by atoms with Crippen LogP contribution in [0.1, 0.15) is 27.8 Å². The van der Waals surface area contributed by atoms with Gasteiger partial charge in [-0.25, -0.2) is 9.78 Å². The molecule has 8 nitrogen and oxygen atoms in total. The lowest BCUT2D eigenvalue weighted by Crippen LogP contribution is -2.05. The summed E-state index contributed by atoms with van der Waals surface area (Å²) in [7, 11) is 0. The Balaban J connectivity index is 1.54. The van der Waals surface area contributed by atoms with Crippen LogP contribution in [-0.4, -0.2) is 26.3 Å². The van der Waals surface area contributed by atoms with E-state index in [0.29, 0.717) is 22.1 Å². The summed E-state index contributed by atoms with van der Waals surface area (Å²) in [4.78, 5) is 15.7. The highest BCUT2D eigenvalue weighted by atomic mass is 32.1. The number of carboxylic acid groups (broad SMARTS) is 1. The number of benzene rings is 3. The number of rotatable bonds is 7. The van der Waals surface area contributed by atoms with Gasteiger partial charge in [-0.15, -0.1) is 11.3 Å². The van der Waals surface area contributed by atoms with Crippen LogP contribution in [0.4, 0.5) is 35.4 Å². The number of aromatic carboxylic acids is 1. The third-order valence-electron chi connectivity index (χ3n) is 4.85. The molecule has 0 spiro atoms. The molecule has 36 heavy (non-hydrogen) atoms. The summed E-state index contributed by atoms with van der Waals surface area (Å²) in [6.45, 7) is 0. The maximum absolute atomic E-state index is 12.9. The van der Waals surface area contributed by atoms with Crippen LogP contribution in [-0.2, 0) is 6.18 Å². The van der Waals surface area contributed by atoms with E-state index in [1.165, 1.54) is 35.6 Å². The van der Waals surface area contributed by atoms with Crippen molar-refractivity contribution in [3.63, 3.8) is 0 Å². The zero-order valence-electron chi connectivity index (χ0n) is 18.1. The van der Waals surface area contributed by atoms with Crippen molar-refractivity contribution in [2.24, 2.45) is 10.2 Å². The number of carbonyl (C=O) groups is 1. The Morgan fingerprint density at radius 1 is 0.972 bits per heavy atom. The van der Waals surface area contributed by atoms with Gasteiger partial charge in [0.15, 0.2) is 11.4 Å². The number of aliphatic hydroxyl groups excluding tert-OH is 1. The van der Waals surface area contributed by atoms with Crippen molar-refractivity contribution in [3.05, 3.63) is 88.8 Å². The van der Waals surface area contributed by atoms with Crippen LogP contribution in [0.3, 0.4) is 0 Å². The molecule has 0 amide bonds. The Morgan fingerprint density at radius 3 is 2.44 bits per heavy atom. The quantitative estimate of drug-likeness (QED) is 0.161. The van der Waals surface area contributed by atoms with Crippen LogP contribution < -0.4 is 5.32 Å². The molecule has 4 rings (SSSR count). The van der Waals surface area contributed by atoms with Gasteiger partial charge in [0.25, 0.3) is 0 Å². The van der Waals surface area contributed by atoms with Gasteiger partial charge in [-0.05, 0) is 48.5 Å². The van der Waals surface area contributed by atoms with Crippen molar-refractivity contribution in [2.45, 2.75) is 12.5 Å². The highest BCUT2D eigenvalue weighted by molar-refractivity contribution is 7.14. The summed E-state index contributed by atoms with van der Waals surface area (Å²) in [5.41, 5.74) is 1.04. The standard InChI is InChI=1S/C24H17F3N4O4S/c25-24(26,27)16-4-2-5-17(11-16)28-23-29-20(12-36-23)13-3-1-6-18(8-13)30-31-19-9-14(21(32)33)7-15(10-19)22(34)35/h1-12,21,32-33H,(H,28,29)(H,34,35)/b31-30-. The fourth-order valence-electron chi connectivity index (χ4n) is 3.17. The second-order valence-electron chi connectivity index (χ2n) is 7.48. The van der Waals surface area contributed by atoms with E-state index in [2.05, 4.69) is 20.5 Å². The zero-order chi connectivity index (χ0) is 25.9. The Morgan fingerprint density at radius 2 is 1.72 bits per heavy atom. The smallest absolute Gasteiger partial charge is 0.416 e. The third kappa shape index (κ3) is 6.10. The van der Waals surface area contributed by atoms with E-state index in [-0.39, 0.29) is 22.5 Å². The number of nitrogens with zero attached hydrogens (tertiary/aromatic N) is 3. The molecule has 184 valence electrons. The fourth-order valence-corrected chi connectivity index (χ4v) is 3.91. The number of azo groups is 1. The molecule has 4 aromatic rings. The number of halogens is 3. The third-order valence-corrected chi connectivity index (χ3v) is 5.61. The van der Waals surface area contributed by atoms with E-state index in [1.807, 2.05) is 0 Å². The molecule has 1 heterocycles. The molecular weight excluding hydrogens is 497 g/mol. The first-order valence-corrected chi connectivity index (χ1v) is 11.1. The Hall–Kier alpha value is -4.13. The first kappa shape index (κ1) is 25.0. The number of nitrogens with one attached hydrogen (secondary N) is 1. The van der Waals surface area contributed by atoms with Gasteiger partial charge in [0.1, 0.15) is 0 Å². The number of aromatic nitrogens is 1. The predicted octanol–water partition coefficient (Wildman–Crippen LogP) is 6.67. The van der Waals surface area contributed by atoms with E-state index in [0.717, 1.165) is 18.2 Å². The molecule has 0 aliphatic carbocycles. The topological polar surface area (TPSA) is 127 Å². The second-order valence-corrected chi connectivity index (χ2v) is 8.34. The maximum atomic E-state index is 12.9. The highest BCUT2D eigenvalue weighted by Crippen LogP contribution is 2.33. The molecule has 0 radical (unpaired) electrons. The van der Waals surface area contributed by atoms with E-state index in [9.17, 15) is 33.3 Å². The first-order valence-electron chi connectivity index (χ1n) is 10.2. The van der Waals surface area contributed by atoms with Crippen LogP contribution in [0.2, 0.25) is 0 Å². The SMILES string of the molecule is O=C(O)c1cc(/N=N\c2cccc(-c3csc(Nc4cccc(C(F)(F)F)c4)n3)c2)cc(C(O)O)c1. The van der Waals surface area contributed by atoms with Crippen molar-refractivity contribution >= 4 is 39.5 Å². The average Bonchev–Trinajstić information content (AvgIpc) is 3.31.